The van der Waals surface area contributed by atoms with Crippen LogP contribution in [0, 0.1) is 13.8 Å². The minimum Gasteiger partial charge on any atom is -0.352 e. The minimum absolute atomic E-state index is 0.00310. The van der Waals surface area contributed by atoms with E-state index in [1.807, 2.05) is 38.1 Å². The van der Waals surface area contributed by atoms with Crippen LogP contribution >= 0.6 is 0 Å². The zero-order valence-electron chi connectivity index (χ0n) is 16.2. The van der Waals surface area contributed by atoms with E-state index < -0.39 is 10.0 Å². The quantitative estimate of drug-likeness (QED) is 0.819. The molecule has 0 unspecified atom stereocenters. The fourth-order valence-electron chi connectivity index (χ4n) is 3.43. The normalized spacial score (nSPS) is 14.9. The maximum absolute atomic E-state index is 13.3. The van der Waals surface area contributed by atoms with Crippen molar-refractivity contribution < 1.29 is 13.2 Å². The first kappa shape index (κ1) is 19.4. The number of fused-ring (bicyclic) bond motifs is 1. The van der Waals surface area contributed by atoms with Gasteiger partial charge in [-0.15, -0.1) is 0 Å². The summed E-state index contributed by atoms with van der Waals surface area (Å²) >= 11 is 0. The third kappa shape index (κ3) is 3.58. The molecule has 1 aliphatic heterocycles. The van der Waals surface area contributed by atoms with Gasteiger partial charge in [0, 0.05) is 12.6 Å². The Morgan fingerprint density at radius 1 is 1.30 bits per heavy atom. The summed E-state index contributed by atoms with van der Waals surface area (Å²) in [6, 6.07) is 7.61. The number of aromatic nitrogens is 2. The van der Waals surface area contributed by atoms with Gasteiger partial charge in [-0.1, -0.05) is 25.1 Å². The highest BCUT2D eigenvalue weighted by molar-refractivity contribution is 7.93. The molecule has 7 nitrogen and oxygen atoms in total. The Labute approximate surface area is 160 Å². The lowest BCUT2D eigenvalue weighted by Gasteiger charge is -2.19. The average molecular weight is 391 g/mol. The van der Waals surface area contributed by atoms with Crippen molar-refractivity contribution in [1.82, 2.24) is 15.1 Å². The molecule has 146 valence electrons. The molecule has 3 rings (SSSR count). The van der Waals surface area contributed by atoms with Crippen LogP contribution in [0.25, 0.3) is 0 Å². The standard InChI is InChI=1S/C19H26N4O3S/c1-5-13(2)20-18(24)12-22-15(4)19(14(3)21-22)27(25,26)23-11-10-16-8-6-7-9-17(16)23/h6-9,13H,5,10-12H2,1-4H3,(H,20,24)/t13-/m0/s1. The smallest absolute Gasteiger partial charge is 0.268 e. The molecule has 1 N–H and O–H groups in total. The van der Waals surface area contributed by atoms with Crippen LogP contribution < -0.4 is 9.62 Å². The number of amides is 1. The Kier molecular flexibility index (Phi) is 5.28. The van der Waals surface area contributed by atoms with Gasteiger partial charge in [-0.25, -0.2) is 8.42 Å². The van der Waals surface area contributed by atoms with Crippen molar-refractivity contribution in [1.29, 1.82) is 0 Å². The summed E-state index contributed by atoms with van der Waals surface area (Å²) in [4.78, 5) is 12.4. The maximum atomic E-state index is 13.3. The van der Waals surface area contributed by atoms with E-state index in [2.05, 4.69) is 10.4 Å². The van der Waals surface area contributed by atoms with Crippen molar-refractivity contribution in [2.45, 2.75) is 58.0 Å². The van der Waals surface area contributed by atoms with E-state index in [0.29, 0.717) is 24.4 Å². The molecule has 2 heterocycles. The second-order valence-corrected chi connectivity index (χ2v) is 8.79. The van der Waals surface area contributed by atoms with E-state index in [0.717, 1.165) is 17.7 Å². The number of anilines is 1. The van der Waals surface area contributed by atoms with Gasteiger partial charge < -0.3 is 5.32 Å². The maximum Gasteiger partial charge on any atom is 0.268 e. The predicted octanol–water partition coefficient (Wildman–Crippen LogP) is 2.17. The number of benzene rings is 1. The number of sulfonamides is 1. The summed E-state index contributed by atoms with van der Waals surface area (Å²) in [7, 11) is -3.74. The van der Waals surface area contributed by atoms with Gasteiger partial charge in [-0.3, -0.25) is 13.8 Å². The molecule has 1 aromatic heterocycles. The molecule has 0 saturated heterocycles. The molecule has 0 fully saturated rings. The number of hydrogen-bond acceptors (Lipinski definition) is 4. The van der Waals surface area contributed by atoms with Crippen molar-refractivity contribution in [3.05, 3.63) is 41.2 Å². The molecule has 1 aliphatic rings. The SMILES string of the molecule is CC[C@H](C)NC(=O)Cn1nc(C)c(S(=O)(=O)N2CCc3ccccc32)c1C. The molecule has 0 aliphatic carbocycles. The molecule has 0 bridgehead atoms. The highest BCUT2D eigenvalue weighted by Gasteiger charge is 2.35. The van der Waals surface area contributed by atoms with Crippen LogP contribution in [0.15, 0.2) is 29.2 Å². The minimum atomic E-state index is -3.74. The van der Waals surface area contributed by atoms with Crippen LogP contribution in [-0.4, -0.2) is 36.7 Å². The van der Waals surface area contributed by atoms with E-state index in [1.165, 1.54) is 8.99 Å². The predicted molar refractivity (Wildman–Crippen MR) is 104 cm³/mol. The Morgan fingerprint density at radius 3 is 2.70 bits per heavy atom. The summed E-state index contributed by atoms with van der Waals surface area (Å²) in [6.07, 6.45) is 1.52. The van der Waals surface area contributed by atoms with Crippen LogP contribution in [0.1, 0.15) is 37.2 Å². The van der Waals surface area contributed by atoms with Crippen molar-refractivity contribution in [3.8, 4) is 0 Å². The van der Waals surface area contributed by atoms with Crippen LogP contribution in [-0.2, 0) is 27.8 Å². The highest BCUT2D eigenvalue weighted by atomic mass is 32.2. The van der Waals surface area contributed by atoms with E-state index in [9.17, 15) is 13.2 Å². The van der Waals surface area contributed by atoms with Crippen molar-refractivity contribution in [3.63, 3.8) is 0 Å². The fourth-order valence-corrected chi connectivity index (χ4v) is 5.32. The summed E-state index contributed by atoms with van der Waals surface area (Å²) < 4.78 is 29.6. The second-order valence-electron chi connectivity index (χ2n) is 6.99. The van der Waals surface area contributed by atoms with E-state index >= 15 is 0 Å². The molecule has 1 aromatic carbocycles. The lowest BCUT2D eigenvalue weighted by atomic mass is 10.2. The molecular weight excluding hydrogens is 364 g/mol. The van der Waals surface area contributed by atoms with Gasteiger partial charge in [0.25, 0.3) is 10.0 Å². The fraction of sp³-hybridized carbons (Fsp3) is 0.474. The molecule has 27 heavy (non-hydrogen) atoms. The number of rotatable bonds is 6. The van der Waals surface area contributed by atoms with E-state index in [-0.39, 0.29) is 23.4 Å². The first-order chi connectivity index (χ1) is 12.8. The Balaban J connectivity index is 1.91. The first-order valence-corrected chi connectivity index (χ1v) is 10.6. The van der Waals surface area contributed by atoms with Crippen molar-refractivity contribution in [2.24, 2.45) is 0 Å². The number of carbonyl (C=O) groups is 1. The first-order valence-electron chi connectivity index (χ1n) is 9.19. The third-order valence-electron chi connectivity index (χ3n) is 5.02. The molecule has 1 amide bonds. The Morgan fingerprint density at radius 2 is 2.00 bits per heavy atom. The number of para-hydroxylation sites is 1. The monoisotopic (exact) mass is 390 g/mol. The number of hydrogen-bond donors (Lipinski definition) is 1. The number of nitrogens with zero attached hydrogens (tertiary/aromatic N) is 3. The summed E-state index contributed by atoms with van der Waals surface area (Å²) in [5, 5.41) is 7.21. The summed E-state index contributed by atoms with van der Waals surface area (Å²) in [5.41, 5.74) is 2.64. The largest absolute Gasteiger partial charge is 0.352 e. The second kappa shape index (κ2) is 7.34. The molecule has 2 aromatic rings. The summed E-state index contributed by atoms with van der Waals surface area (Å²) in [6.45, 7) is 7.71. The van der Waals surface area contributed by atoms with Gasteiger partial charge in [0.05, 0.1) is 17.1 Å². The number of carbonyl (C=O) groups excluding carboxylic acids is 1. The Hall–Kier alpha value is -2.35. The van der Waals surface area contributed by atoms with Gasteiger partial charge in [-0.2, -0.15) is 5.10 Å². The lowest BCUT2D eigenvalue weighted by Crippen LogP contribution is -2.35. The van der Waals surface area contributed by atoms with E-state index in [1.54, 1.807) is 13.8 Å². The summed E-state index contributed by atoms with van der Waals surface area (Å²) in [5.74, 6) is -0.176. The molecule has 0 saturated carbocycles. The van der Waals surface area contributed by atoms with Crippen LogP contribution in [0.2, 0.25) is 0 Å². The van der Waals surface area contributed by atoms with Gasteiger partial charge in [0.2, 0.25) is 5.91 Å². The van der Waals surface area contributed by atoms with Gasteiger partial charge >= 0.3 is 0 Å². The van der Waals surface area contributed by atoms with Gasteiger partial charge in [-0.05, 0) is 45.2 Å². The third-order valence-corrected chi connectivity index (χ3v) is 7.09. The molecule has 0 radical (unpaired) electrons. The molecule has 0 spiro atoms. The Bertz CT molecular complexity index is 965. The van der Waals surface area contributed by atoms with Gasteiger partial charge in [0.1, 0.15) is 11.4 Å². The van der Waals surface area contributed by atoms with Gasteiger partial charge in [0.15, 0.2) is 0 Å². The molecule has 8 heteroatoms. The number of nitrogens with one attached hydrogen (secondary N) is 1. The van der Waals surface area contributed by atoms with Crippen molar-refractivity contribution in [2.75, 3.05) is 10.8 Å². The molecular formula is C19H26N4O3S. The van der Waals surface area contributed by atoms with Crippen LogP contribution in [0.4, 0.5) is 5.69 Å². The lowest BCUT2D eigenvalue weighted by molar-refractivity contribution is -0.122. The average Bonchev–Trinajstić information content (AvgIpc) is 3.16. The van der Waals surface area contributed by atoms with Crippen LogP contribution in [0.3, 0.4) is 0 Å². The van der Waals surface area contributed by atoms with E-state index in [4.69, 9.17) is 0 Å². The molecule has 1 atom stereocenters. The topological polar surface area (TPSA) is 84.3 Å². The zero-order valence-corrected chi connectivity index (χ0v) is 17.0. The van der Waals surface area contributed by atoms with Crippen molar-refractivity contribution >= 4 is 21.6 Å². The number of aryl methyl sites for hydroxylation is 1. The zero-order chi connectivity index (χ0) is 19.8. The highest BCUT2D eigenvalue weighted by Crippen LogP contribution is 2.34. The van der Waals surface area contributed by atoms with Crippen LogP contribution in [0.5, 0.6) is 0 Å².